The summed E-state index contributed by atoms with van der Waals surface area (Å²) < 4.78 is 0. The zero-order chi connectivity index (χ0) is 12.3. The number of amides is 1. The molecule has 0 aliphatic heterocycles. The maximum Gasteiger partial charge on any atom is 0.227 e. The topological polar surface area (TPSA) is 75.4 Å². The van der Waals surface area contributed by atoms with Gasteiger partial charge >= 0.3 is 0 Å². The highest BCUT2D eigenvalue weighted by atomic mass is 16.3. The summed E-state index contributed by atoms with van der Waals surface area (Å²) in [6, 6.07) is 6.60. The van der Waals surface area contributed by atoms with E-state index in [0.29, 0.717) is 18.2 Å². The lowest BCUT2D eigenvalue weighted by molar-refractivity contribution is -0.120. The average molecular weight is 234 g/mol. The number of phenols is 1. The van der Waals surface area contributed by atoms with Crippen molar-refractivity contribution >= 4 is 11.6 Å². The molecule has 17 heavy (non-hydrogen) atoms. The lowest BCUT2D eigenvalue weighted by atomic mass is 9.95. The van der Waals surface area contributed by atoms with Crippen LogP contribution in [0.3, 0.4) is 0 Å². The molecule has 4 N–H and O–H groups in total. The fraction of sp³-hybridized carbons (Fsp3) is 0.462. The van der Waals surface area contributed by atoms with Crippen molar-refractivity contribution in [1.29, 1.82) is 0 Å². The molecule has 0 radical (unpaired) electrons. The van der Waals surface area contributed by atoms with E-state index in [0.717, 1.165) is 19.3 Å². The second-order valence-corrected chi connectivity index (χ2v) is 4.57. The maximum absolute atomic E-state index is 12.0. The van der Waals surface area contributed by atoms with Gasteiger partial charge in [-0.25, -0.2) is 0 Å². The number of nitrogens with one attached hydrogen (secondary N) is 1. The number of carbonyl (C=O) groups excluding carboxylic acids is 1. The smallest absolute Gasteiger partial charge is 0.227 e. The van der Waals surface area contributed by atoms with Crippen LogP contribution in [-0.4, -0.2) is 17.6 Å². The summed E-state index contributed by atoms with van der Waals surface area (Å²) in [5, 5.41) is 12.2. The van der Waals surface area contributed by atoms with Crippen LogP contribution in [0, 0.1) is 11.8 Å². The zero-order valence-electron chi connectivity index (χ0n) is 9.73. The Morgan fingerprint density at radius 2 is 2.29 bits per heavy atom. The number of hydrogen-bond donors (Lipinski definition) is 3. The lowest BCUT2D eigenvalue weighted by Gasteiger charge is -2.17. The van der Waals surface area contributed by atoms with E-state index in [9.17, 15) is 9.90 Å². The van der Waals surface area contributed by atoms with E-state index in [1.807, 2.05) is 0 Å². The van der Waals surface area contributed by atoms with E-state index >= 15 is 0 Å². The maximum atomic E-state index is 12.0. The minimum Gasteiger partial charge on any atom is -0.508 e. The average Bonchev–Trinajstić information content (AvgIpc) is 2.77. The first-order valence-corrected chi connectivity index (χ1v) is 6.00. The Morgan fingerprint density at radius 3 is 3.00 bits per heavy atom. The Morgan fingerprint density at radius 1 is 1.47 bits per heavy atom. The highest BCUT2D eigenvalue weighted by Gasteiger charge is 2.31. The molecule has 92 valence electrons. The number of hydrogen-bond acceptors (Lipinski definition) is 3. The summed E-state index contributed by atoms with van der Waals surface area (Å²) in [6.07, 6.45) is 3.02. The van der Waals surface area contributed by atoms with Gasteiger partial charge in [-0.3, -0.25) is 4.79 Å². The van der Waals surface area contributed by atoms with Gasteiger partial charge in [0.2, 0.25) is 5.91 Å². The number of aromatic hydroxyl groups is 1. The molecular weight excluding hydrogens is 216 g/mol. The second kappa shape index (κ2) is 5.19. The largest absolute Gasteiger partial charge is 0.508 e. The third-order valence-electron chi connectivity index (χ3n) is 3.41. The quantitative estimate of drug-likeness (QED) is 0.745. The summed E-state index contributed by atoms with van der Waals surface area (Å²) in [4.78, 5) is 12.0. The van der Waals surface area contributed by atoms with Gasteiger partial charge in [0.1, 0.15) is 5.75 Å². The van der Waals surface area contributed by atoms with Crippen LogP contribution in [0.1, 0.15) is 19.3 Å². The number of anilines is 1. The van der Waals surface area contributed by atoms with Gasteiger partial charge in [-0.15, -0.1) is 0 Å². The molecule has 0 spiro atoms. The first kappa shape index (κ1) is 11.9. The van der Waals surface area contributed by atoms with Crippen LogP contribution in [0.5, 0.6) is 5.75 Å². The van der Waals surface area contributed by atoms with Crippen molar-refractivity contribution in [3.8, 4) is 5.75 Å². The van der Waals surface area contributed by atoms with E-state index in [4.69, 9.17) is 5.73 Å². The molecule has 1 saturated carbocycles. The van der Waals surface area contributed by atoms with Gasteiger partial charge < -0.3 is 16.2 Å². The molecule has 1 aliphatic rings. The molecular formula is C13H18N2O2. The van der Waals surface area contributed by atoms with E-state index in [2.05, 4.69) is 5.32 Å². The third kappa shape index (κ3) is 2.77. The van der Waals surface area contributed by atoms with Crippen LogP contribution in [0.4, 0.5) is 5.69 Å². The van der Waals surface area contributed by atoms with Crippen molar-refractivity contribution in [2.24, 2.45) is 17.6 Å². The number of benzene rings is 1. The minimum absolute atomic E-state index is 0.0161. The van der Waals surface area contributed by atoms with Gasteiger partial charge in [-0.1, -0.05) is 12.5 Å². The number of nitrogens with two attached hydrogens (primary N) is 1. The van der Waals surface area contributed by atoms with Crippen LogP contribution < -0.4 is 11.1 Å². The molecule has 0 aromatic heterocycles. The Hall–Kier alpha value is -1.55. The van der Waals surface area contributed by atoms with Crippen LogP contribution >= 0.6 is 0 Å². The van der Waals surface area contributed by atoms with Gasteiger partial charge in [0, 0.05) is 17.7 Å². The van der Waals surface area contributed by atoms with Gasteiger partial charge in [0.25, 0.3) is 0 Å². The van der Waals surface area contributed by atoms with Gasteiger partial charge in [0.15, 0.2) is 0 Å². The first-order chi connectivity index (χ1) is 8.20. The fourth-order valence-corrected chi connectivity index (χ4v) is 2.48. The van der Waals surface area contributed by atoms with Crippen LogP contribution in [0.2, 0.25) is 0 Å². The van der Waals surface area contributed by atoms with Gasteiger partial charge in [0.05, 0.1) is 0 Å². The molecule has 4 nitrogen and oxygen atoms in total. The second-order valence-electron chi connectivity index (χ2n) is 4.57. The van der Waals surface area contributed by atoms with E-state index in [1.165, 1.54) is 0 Å². The van der Waals surface area contributed by atoms with Crippen molar-refractivity contribution in [3.63, 3.8) is 0 Å². The molecule has 2 rings (SSSR count). The Labute approximate surface area is 101 Å². The summed E-state index contributed by atoms with van der Waals surface area (Å²) >= 11 is 0. The number of rotatable bonds is 3. The molecule has 0 unspecified atom stereocenters. The Balaban J connectivity index is 2.01. The van der Waals surface area contributed by atoms with Crippen molar-refractivity contribution < 1.29 is 9.90 Å². The van der Waals surface area contributed by atoms with Crippen LogP contribution in [0.25, 0.3) is 0 Å². The molecule has 0 heterocycles. The third-order valence-corrected chi connectivity index (χ3v) is 3.41. The van der Waals surface area contributed by atoms with Gasteiger partial charge in [-0.2, -0.15) is 0 Å². The van der Waals surface area contributed by atoms with E-state index in [-0.39, 0.29) is 17.6 Å². The summed E-state index contributed by atoms with van der Waals surface area (Å²) in [6.45, 7) is 0.568. The zero-order valence-corrected chi connectivity index (χ0v) is 9.73. The molecule has 1 amide bonds. The molecule has 1 fully saturated rings. The van der Waals surface area contributed by atoms with Crippen molar-refractivity contribution in [2.75, 3.05) is 11.9 Å². The van der Waals surface area contributed by atoms with E-state index in [1.54, 1.807) is 24.3 Å². The molecule has 0 saturated heterocycles. The fourth-order valence-electron chi connectivity index (χ4n) is 2.48. The Kier molecular flexibility index (Phi) is 3.64. The molecule has 1 aromatic carbocycles. The number of carbonyl (C=O) groups is 1. The molecule has 1 aliphatic carbocycles. The van der Waals surface area contributed by atoms with Crippen molar-refractivity contribution in [3.05, 3.63) is 24.3 Å². The van der Waals surface area contributed by atoms with Gasteiger partial charge in [-0.05, 0) is 37.4 Å². The highest BCUT2D eigenvalue weighted by molar-refractivity contribution is 5.93. The SMILES string of the molecule is NC[C@H]1CCC[C@H]1C(=O)Nc1cccc(O)c1. The van der Waals surface area contributed by atoms with Crippen molar-refractivity contribution in [1.82, 2.24) is 0 Å². The minimum atomic E-state index is 0.0161. The first-order valence-electron chi connectivity index (χ1n) is 6.00. The monoisotopic (exact) mass is 234 g/mol. The molecule has 4 heteroatoms. The highest BCUT2D eigenvalue weighted by Crippen LogP contribution is 2.32. The standard InChI is InChI=1S/C13H18N2O2/c14-8-9-3-1-6-12(9)13(17)15-10-4-2-5-11(16)7-10/h2,4-5,7,9,12,16H,1,3,6,8,14H2,(H,15,17)/t9-,12-/m1/s1. The van der Waals surface area contributed by atoms with Crippen molar-refractivity contribution in [2.45, 2.75) is 19.3 Å². The van der Waals surface area contributed by atoms with E-state index < -0.39 is 0 Å². The predicted molar refractivity (Wildman–Crippen MR) is 66.6 cm³/mol. The Bertz CT molecular complexity index is 406. The summed E-state index contributed by atoms with van der Waals surface area (Å²) in [7, 11) is 0. The summed E-state index contributed by atoms with van der Waals surface area (Å²) in [5.74, 6) is 0.489. The lowest BCUT2D eigenvalue weighted by Crippen LogP contribution is -2.29. The molecule has 2 atom stereocenters. The van der Waals surface area contributed by atoms with Crippen LogP contribution in [0.15, 0.2) is 24.3 Å². The van der Waals surface area contributed by atoms with Crippen LogP contribution in [-0.2, 0) is 4.79 Å². The summed E-state index contributed by atoms with van der Waals surface area (Å²) in [5.41, 5.74) is 6.30. The normalized spacial score (nSPS) is 23.6. The molecule has 0 bridgehead atoms. The predicted octanol–water partition coefficient (Wildman–Crippen LogP) is 1.71. The molecule has 1 aromatic rings. The number of phenolic OH excluding ortho intramolecular Hbond substituents is 1.